The van der Waals surface area contributed by atoms with Gasteiger partial charge in [-0.25, -0.2) is 0 Å². The number of likely N-dealkylation sites (tertiary alicyclic amines) is 1. The van der Waals surface area contributed by atoms with Crippen molar-refractivity contribution in [2.24, 2.45) is 5.92 Å². The van der Waals surface area contributed by atoms with Gasteiger partial charge >= 0.3 is 0 Å². The van der Waals surface area contributed by atoms with Gasteiger partial charge in [0.05, 0.1) is 4.88 Å². The zero-order valence-corrected chi connectivity index (χ0v) is 13.4. The smallest absolute Gasteiger partial charge is 0.263 e. The van der Waals surface area contributed by atoms with Gasteiger partial charge in [0.2, 0.25) is 0 Å². The molecular weight excluding hydrogens is 280 g/mol. The lowest BCUT2D eigenvalue weighted by Crippen LogP contribution is -2.46. The maximum atomic E-state index is 12.8. The van der Waals surface area contributed by atoms with Crippen molar-refractivity contribution in [1.29, 1.82) is 0 Å². The number of piperidine rings is 1. The number of hydrogen-bond acceptors (Lipinski definition) is 3. The van der Waals surface area contributed by atoms with E-state index in [0.29, 0.717) is 17.9 Å². The van der Waals surface area contributed by atoms with Crippen LogP contribution in [0.3, 0.4) is 0 Å². The fourth-order valence-corrected chi connectivity index (χ4v) is 5.38. The number of rotatable bonds is 1. The Labute approximate surface area is 130 Å². The fraction of sp³-hybridized carbons (Fsp3) is 0.706. The third kappa shape index (κ3) is 2.64. The number of fused-ring (bicyclic) bond motifs is 2. The molecule has 3 nitrogen and oxygen atoms in total. The maximum absolute atomic E-state index is 12.8. The van der Waals surface area contributed by atoms with E-state index in [9.17, 15) is 4.79 Å². The number of hydrogen-bond donors (Lipinski definition) is 1. The van der Waals surface area contributed by atoms with Crippen molar-refractivity contribution in [3.05, 3.63) is 21.4 Å². The third-order valence-corrected chi connectivity index (χ3v) is 6.63. The normalized spacial score (nSPS) is 28.9. The van der Waals surface area contributed by atoms with Gasteiger partial charge in [-0.1, -0.05) is 6.42 Å². The highest BCUT2D eigenvalue weighted by Crippen LogP contribution is 2.31. The monoisotopic (exact) mass is 304 g/mol. The molecular formula is C17H24N2OS. The van der Waals surface area contributed by atoms with Gasteiger partial charge in [-0.3, -0.25) is 4.79 Å². The largest absolute Gasteiger partial charge is 0.338 e. The number of aryl methyl sites for hydroxylation is 2. The third-order valence-electron chi connectivity index (χ3n) is 5.40. The quantitative estimate of drug-likeness (QED) is 0.809. The van der Waals surface area contributed by atoms with Crippen LogP contribution >= 0.6 is 11.3 Å². The van der Waals surface area contributed by atoms with Gasteiger partial charge < -0.3 is 10.2 Å². The van der Waals surface area contributed by atoms with Gasteiger partial charge in [-0.2, -0.15) is 0 Å². The summed E-state index contributed by atoms with van der Waals surface area (Å²) < 4.78 is 0. The summed E-state index contributed by atoms with van der Waals surface area (Å²) in [6.45, 7) is 3.01. The van der Waals surface area contributed by atoms with Crippen molar-refractivity contribution in [2.75, 3.05) is 19.6 Å². The van der Waals surface area contributed by atoms with Gasteiger partial charge in [0.25, 0.3) is 5.91 Å². The lowest BCUT2D eigenvalue weighted by atomic mass is 9.93. The average Bonchev–Trinajstić information content (AvgIpc) is 3.08. The Balaban J connectivity index is 1.49. The Kier molecular flexibility index (Phi) is 3.76. The van der Waals surface area contributed by atoms with E-state index in [2.05, 4.69) is 16.3 Å². The van der Waals surface area contributed by atoms with Crippen LogP contribution in [0.1, 0.15) is 52.2 Å². The number of nitrogens with one attached hydrogen (secondary N) is 1. The van der Waals surface area contributed by atoms with Crippen LogP contribution in [0.4, 0.5) is 0 Å². The molecule has 4 heteroatoms. The minimum atomic E-state index is 0.290. The van der Waals surface area contributed by atoms with Crippen LogP contribution < -0.4 is 5.32 Å². The highest BCUT2D eigenvalue weighted by atomic mass is 32.1. The molecule has 4 rings (SSSR count). The number of amides is 1. The van der Waals surface area contributed by atoms with Gasteiger partial charge in [0.1, 0.15) is 0 Å². The number of carbonyl (C=O) groups is 1. The first-order valence-electron chi connectivity index (χ1n) is 8.45. The van der Waals surface area contributed by atoms with Gasteiger partial charge in [0, 0.05) is 24.0 Å². The molecule has 2 saturated heterocycles. The van der Waals surface area contributed by atoms with E-state index >= 15 is 0 Å². The molecule has 114 valence electrons. The summed E-state index contributed by atoms with van der Waals surface area (Å²) >= 11 is 1.77. The van der Waals surface area contributed by atoms with Crippen LogP contribution in [0.15, 0.2) is 6.07 Å². The van der Waals surface area contributed by atoms with E-state index in [-0.39, 0.29) is 0 Å². The molecule has 2 aliphatic heterocycles. The van der Waals surface area contributed by atoms with E-state index in [1.807, 2.05) is 0 Å². The summed E-state index contributed by atoms with van der Waals surface area (Å²) in [5.41, 5.74) is 1.46. The van der Waals surface area contributed by atoms with Crippen molar-refractivity contribution >= 4 is 17.2 Å². The predicted molar refractivity (Wildman–Crippen MR) is 86.0 cm³/mol. The van der Waals surface area contributed by atoms with Gasteiger partial charge in [-0.05, 0) is 62.6 Å². The number of carbonyl (C=O) groups excluding carboxylic acids is 1. The predicted octanol–water partition coefficient (Wildman–Crippen LogP) is 2.84. The Morgan fingerprint density at radius 2 is 2.14 bits per heavy atom. The molecule has 0 bridgehead atoms. The first kappa shape index (κ1) is 13.8. The molecule has 1 aromatic heterocycles. The van der Waals surface area contributed by atoms with Gasteiger partial charge in [0.15, 0.2) is 0 Å². The van der Waals surface area contributed by atoms with Crippen molar-refractivity contribution < 1.29 is 4.79 Å². The second-order valence-corrected chi connectivity index (χ2v) is 7.91. The molecule has 2 unspecified atom stereocenters. The van der Waals surface area contributed by atoms with E-state index in [4.69, 9.17) is 0 Å². The van der Waals surface area contributed by atoms with Crippen LogP contribution in [0.2, 0.25) is 0 Å². The topological polar surface area (TPSA) is 32.3 Å². The SMILES string of the molecule is O=C(c1cc2c(s1)CCCCC2)N1CCC2NCCC2C1. The molecule has 0 spiro atoms. The van der Waals surface area contributed by atoms with Crippen LogP contribution in [0, 0.1) is 5.92 Å². The lowest BCUT2D eigenvalue weighted by Gasteiger charge is -2.34. The first-order chi connectivity index (χ1) is 10.3. The molecule has 1 aliphatic carbocycles. The molecule has 0 aromatic carbocycles. The number of thiophene rings is 1. The summed E-state index contributed by atoms with van der Waals surface area (Å²) in [6.07, 6.45) is 8.64. The van der Waals surface area contributed by atoms with E-state index in [1.54, 1.807) is 11.3 Å². The molecule has 1 amide bonds. The minimum Gasteiger partial charge on any atom is -0.338 e. The molecule has 1 aromatic rings. The highest BCUT2D eigenvalue weighted by molar-refractivity contribution is 7.14. The zero-order valence-electron chi connectivity index (χ0n) is 12.6. The summed E-state index contributed by atoms with van der Waals surface area (Å²) in [4.78, 5) is 17.4. The Bertz CT molecular complexity index is 515. The van der Waals surface area contributed by atoms with Crippen molar-refractivity contribution in [2.45, 2.75) is 51.0 Å². The average molecular weight is 304 g/mol. The van der Waals surface area contributed by atoms with E-state index in [0.717, 1.165) is 30.9 Å². The summed E-state index contributed by atoms with van der Waals surface area (Å²) in [5.74, 6) is 0.971. The van der Waals surface area contributed by atoms with Crippen LogP contribution in [-0.4, -0.2) is 36.5 Å². The fourth-order valence-electron chi connectivity index (χ4n) is 4.16. The second kappa shape index (κ2) is 5.73. The molecule has 21 heavy (non-hydrogen) atoms. The van der Waals surface area contributed by atoms with Crippen molar-refractivity contribution in [3.8, 4) is 0 Å². The molecule has 2 fully saturated rings. The standard InChI is InChI=1S/C17H24N2OS/c20-17(19-9-7-14-13(11-19)6-8-18-14)16-10-12-4-2-1-3-5-15(12)21-16/h10,13-14,18H,1-9,11H2. The maximum Gasteiger partial charge on any atom is 0.263 e. The summed E-state index contributed by atoms with van der Waals surface area (Å²) in [5, 5.41) is 3.57. The van der Waals surface area contributed by atoms with E-state index < -0.39 is 0 Å². The minimum absolute atomic E-state index is 0.290. The molecule has 0 radical (unpaired) electrons. The van der Waals surface area contributed by atoms with Gasteiger partial charge in [-0.15, -0.1) is 11.3 Å². The van der Waals surface area contributed by atoms with Crippen LogP contribution in [0.5, 0.6) is 0 Å². The zero-order chi connectivity index (χ0) is 14.2. The number of nitrogens with zero attached hydrogens (tertiary/aromatic N) is 1. The summed E-state index contributed by atoms with van der Waals surface area (Å²) in [6, 6.07) is 2.86. The molecule has 3 aliphatic rings. The van der Waals surface area contributed by atoms with Crippen molar-refractivity contribution in [3.63, 3.8) is 0 Å². The van der Waals surface area contributed by atoms with Crippen LogP contribution in [-0.2, 0) is 12.8 Å². The van der Waals surface area contributed by atoms with E-state index in [1.165, 1.54) is 49.0 Å². The molecule has 1 N–H and O–H groups in total. The summed E-state index contributed by atoms with van der Waals surface area (Å²) in [7, 11) is 0. The Morgan fingerprint density at radius 3 is 3.10 bits per heavy atom. The Hall–Kier alpha value is -0.870. The highest BCUT2D eigenvalue weighted by Gasteiger charge is 2.35. The molecule has 3 heterocycles. The molecule has 2 atom stereocenters. The Morgan fingerprint density at radius 1 is 1.24 bits per heavy atom. The second-order valence-electron chi connectivity index (χ2n) is 6.77. The van der Waals surface area contributed by atoms with Crippen molar-refractivity contribution in [1.82, 2.24) is 10.2 Å². The molecule has 0 saturated carbocycles. The first-order valence-corrected chi connectivity index (χ1v) is 9.27. The lowest BCUT2D eigenvalue weighted by molar-refractivity contribution is 0.0667. The van der Waals surface area contributed by atoms with Crippen LogP contribution in [0.25, 0.3) is 0 Å².